The molecule has 2 fully saturated rings. The molecule has 32 heavy (non-hydrogen) atoms. The minimum atomic E-state index is -1.04. The highest BCUT2D eigenvalue weighted by Gasteiger charge is 2.55. The Morgan fingerprint density at radius 3 is 2.50 bits per heavy atom. The van der Waals surface area contributed by atoms with Crippen molar-refractivity contribution in [1.82, 2.24) is 5.32 Å². The van der Waals surface area contributed by atoms with Gasteiger partial charge in [0.25, 0.3) is 5.91 Å². The van der Waals surface area contributed by atoms with Gasteiger partial charge in [0.2, 0.25) is 5.91 Å². The average molecular weight is 433 g/mol. The number of carbonyl (C=O) groups excluding carboxylic acids is 2. The number of nitrogens with zero attached hydrogens (tertiary/aromatic N) is 1. The largest absolute Gasteiger partial charge is 0.496 e. The lowest BCUT2D eigenvalue weighted by molar-refractivity contribution is -0.137. The van der Waals surface area contributed by atoms with E-state index in [0.29, 0.717) is 0 Å². The van der Waals surface area contributed by atoms with Crippen molar-refractivity contribution < 1.29 is 14.3 Å². The van der Waals surface area contributed by atoms with Gasteiger partial charge in [0.05, 0.1) is 13.5 Å². The molecule has 0 radical (unpaired) electrons. The van der Waals surface area contributed by atoms with Crippen LogP contribution < -0.4 is 15.0 Å². The minimum Gasteiger partial charge on any atom is -0.496 e. The Bertz CT molecular complexity index is 992. The lowest BCUT2D eigenvalue weighted by Crippen LogP contribution is -2.70. The number of aryl methyl sites for hydroxylation is 1. The summed E-state index contributed by atoms with van der Waals surface area (Å²) in [6.45, 7) is 2.10. The molecule has 2 amide bonds. The Morgan fingerprint density at radius 1 is 1.12 bits per heavy atom. The quantitative estimate of drug-likeness (QED) is 0.634. The van der Waals surface area contributed by atoms with E-state index in [1.165, 1.54) is 12.0 Å². The first-order chi connectivity index (χ1) is 15.6. The topological polar surface area (TPSA) is 58.6 Å². The third-order valence-electron chi connectivity index (χ3n) is 6.68. The van der Waals surface area contributed by atoms with Crippen LogP contribution in [0.4, 0.5) is 5.69 Å². The van der Waals surface area contributed by atoms with Crippen molar-refractivity contribution in [2.45, 2.75) is 63.5 Å². The summed E-state index contributed by atoms with van der Waals surface area (Å²) >= 11 is 0. The Morgan fingerprint density at radius 2 is 1.84 bits per heavy atom. The molecule has 0 spiro atoms. The number of methoxy groups -OCH3 is 1. The molecule has 1 aliphatic heterocycles. The molecule has 1 heterocycles. The highest BCUT2D eigenvalue weighted by Crippen LogP contribution is 2.40. The number of hydrogen-bond acceptors (Lipinski definition) is 3. The summed E-state index contributed by atoms with van der Waals surface area (Å²) in [4.78, 5) is 28.1. The van der Waals surface area contributed by atoms with E-state index in [4.69, 9.17) is 4.74 Å². The molecule has 0 aromatic heterocycles. The normalized spacial score (nSPS) is 21.4. The first kappa shape index (κ1) is 22.1. The fourth-order valence-corrected chi connectivity index (χ4v) is 4.76. The van der Waals surface area contributed by atoms with Crippen LogP contribution in [0.25, 0.3) is 6.08 Å². The standard InChI is InChI=1S/C27H32N2O3/c1-3-20-13-15-23(16-14-20)29-25(30)19-27(29,26(31)28-22-10-5-4-6-11-22)18-17-21-9-7-8-12-24(21)32-2/h7-9,12-18,22H,3-6,10-11,19H2,1-2H3,(H,28,31)/b18-17+. The van der Waals surface area contributed by atoms with E-state index < -0.39 is 5.54 Å². The zero-order valence-corrected chi connectivity index (χ0v) is 19.0. The van der Waals surface area contributed by atoms with Gasteiger partial charge in [-0.1, -0.05) is 62.6 Å². The summed E-state index contributed by atoms with van der Waals surface area (Å²) in [5.41, 5.74) is 1.79. The predicted molar refractivity (Wildman–Crippen MR) is 128 cm³/mol. The maximum absolute atomic E-state index is 13.7. The number of ether oxygens (including phenoxy) is 1. The molecule has 0 bridgehead atoms. The van der Waals surface area contributed by atoms with E-state index in [2.05, 4.69) is 12.2 Å². The van der Waals surface area contributed by atoms with E-state index in [9.17, 15) is 9.59 Å². The average Bonchev–Trinajstić information content (AvgIpc) is 2.82. The number of nitrogens with one attached hydrogen (secondary N) is 1. The van der Waals surface area contributed by atoms with Gasteiger partial charge in [0.15, 0.2) is 5.54 Å². The number of carbonyl (C=O) groups is 2. The molecular formula is C27H32N2O3. The van der Waals surface area contributed by atoms with Crippen LogP contribution in [0.3, 0.4) is 0 Å². The fraction of sp³-hybridized carbons (Fsp3) is 0.407. The number of benzene rings is 2. The maximum Gasteiger partial charge on any atom is 0.251 e. The second kappa shape index (κ2) is 9.60. The van der Waals surface area contributed by atoms with Gasteiger partial charge >= 0.3 is 0 Å². The summed E-state index contributed by atoms with van der Waals surface area (Å²) in [6.07, 6.45) is 10.3. The molecule has 168 valence electrons. The van der Waals surface area contributed by atoms with Crippen LogP contribution in [0.15, 0.2) is 54.6 Å². The lowest BCUT2D eigenvalue weighted by Gasteiger charge is -2.49. The number of rotatable bonds is 7. The van der Waals surface area contributed by atoms with Gasteiger partial charge in [-0.05, 0) is 49.1 Å². The maximum atomic E-state index is 13.7. The molecule has 1 unspecified atom stereocenters. The van der Waals surface area contributed by atoms with Crippen molar-refractivity contribution in [2.24, 2.45) is 0 Å². The summed E-state index contributed by atoms with van der Waals surface area (Å²) in [7, 11) is 1.63. The lowest BCUT2D eigenvalue weighted by atomic mass is 9.80. The minimum absolute atomic E-state index is 0.0438. The highest BCUT2D eigenvalue weighted by molar-refractivity contribution is 6.15. The van der Waals surface area contributed by atoms with Gasteiger partial charge in [-0.25, -0.2) is 0 Å². The van der Waals surface area contributed by atoms with Crippen molar-refractivity contribution in [1.29, 1.82) is 0 Å². The highest BCUT2D eigenvalue weighted by atomic mass is 16.5. The molecule has 5 heteroatoms. The van der Waals surface area contributed by atoms with E-state index in [1.54, 1.807) is 12.0 Å². The first-order valence-corrected chi connectivity index (χ1v) is 11.6. The van der Waals surface area contributed by atoms with Crippen LogP contribution >= 0.6 is 0 Å². The molecule has 1 N–H and O–H groups in total. The van der Waals surface area contributed by atoms with E-state index >= 15 is 0 Å². The molecule has 2 aromatic rings. The molecule has 4 rings (SSSR count). The van der Waals surface area contributed by atoms with Crippen LogP contribution in [0.5, 0.6) is 5.75 Å². The summed E-state index contributed by atoms with van der Waals surface area (Å²) in [5.74, 6) is 0.587. The zero-order chi connectivity index (χ0) is 22.6. The molecular weight excluding hydrogens is 400 g/mol. The van der Waals surface area contributed by atoms with Crippen LogP contribution in [-0.4, -0.2) is 30.5 Å². The Balaban J connectivity index is 1.69. The van der Waals surface area contributed by atoms with Gasteiger partial charge in [-0.2, -0.15) is 0 Å². The molecule has 1 aliphatic carbocycles. The second-order valence-electron chi connectivity index (χ2n) is 8.73. The predicted octanol–water partition coefficient (Wildman–Crippen LogP) is 4.90. The third-order valence-corrected chi connectivity index (χ3v) is 6.68. The van der Waals surface area contributed by atoms with Gasteiger partial charge in [0, 0.05) is 17.3 Å². The molecule has 1 atom stereocenters. The molecule has 1 saturated heterocycles. The van der Waals surface area contributed by atoms with E-state index in [1.807, 2.05) is 60.7 Å². The van der Waals surface area contributed by atoms with Gasteiger partial charge in [-0.3, -0.25) is 14.5 Å². The van der Waals surface area contributed by atoms with Crippen LogP contribution in [0, 0.1) is 0 Å². The van der Waals surface area contributed by atoms with Crippen molar-refractivity contribution in [3.63, 3.8) is 0 Å². The van der Waals surface area contributed by atoms with Crippen molar-refractivity contribution >= 4 is 23.6 Å². The van der Waals surface area contributed by atoms with Crippen molar-refractivity contribution in [3.8, 4) is 5.75 Å². The summed E-state index contributed by atoms with van der Waals surface area (Å²) in [6, 6.07) is 15.8. The SMILES string of the molecule is CCc1ccc(N2C(=O)CC2(/C=C/c2ccccc2OC)C(=O)NC2CCCCC2)cc1. The molecule has 1 saturated carbocycles. The van der Waals surface area contributed by atoms with Crippen molar-refractivity contribution in [2.75, 3.05) is 12.0 Å². The van der Waals surface area contributed by atoms with E-state index in [-0.39, 0.29) is 24.3 Å². The second-order valence-corrected chi connectivity index (χ2v) is 8.73. The third kappa shape index (κ3) is 4.29. The van der Waals surface area contributed by atoms with Crippen LogP contribution in [0.1, 0.15) is 56.6 Å². The Labute approximate surface area is 190 Å². The number of para-hydroxylation sites is 1. The summed E-state index contributed by atoms with van der Waals surface area (Å²) in [5, 5.41) is 3.25. The molecule has 5 nitrogen and oxygen atoms in total. The van der Waals surface area contributed by atoms with Crippen molar-refractivity contribution in [3.05, 3.63) is 65.7 Å². The number of β-lactam (4-membered cyclic amide) rings is 1. The summed E-state index contributed by atoms with van der Waals surface area (Å²) < 4.78 is 5.47. The fourth-order valence-electron chi connectivity index (χ4n) is 4.76. The zero-order valence-electron chi connectivity index (χ0n) is 19.0. The van der Waals surface area contributed by atoms with Gasteiger partial charge in [0.1, 0.15) is 5.75 Å². The Kier molecular flexibility index (Phi) is 6.63. The van der Waals surface area contributed by atoms with Gasteiger partial charge in [-0.15, -0.1) is 0 Å². The van der Waals surface area contributed by atoms with Crippen LogP contribution in [-0.2, 0) is 16.0 Å². The van der Waals surface area contributed by atoms with Crippen LogP contribution in [0.2, 0.25) is 0 Å². The Hall–Kier alpha value is -3.08. The molecule has 2 aromatic carbocycles. The monoisotopic (exact) mass is 432 g/mol. The van der Waals surface area contributed by atoms with Gasteiger partial charge < -0.3 is 10.1 Å². The number of hydrogen-bond donors (Lipinski definition) is 1. The number of amides is 2. The smallest absolute Gasteiger partial charge is 0.251 e. The van der Waals surface area contributed by atoms with E-state index in [0.717, 1.165) is 49.1 Å². The molecule has 2 aliphatic rings. The first-order valence-electron chi connectivity index (χ1n) is 11.6. The number of anilines is 1.